The number of pyridine rings is 1. The first kappa shape index (κ1) is 11.6. The first-order chi connectivity index (χ1) is 8.24. The predicted molar refractivity (Wildman–Crippen MR) is 68.1 cm³/mol. The molecule has 0 spiro atoms. The molecule has 0 atom stereocenters. The molecule has 86 valence electrons. The normalized spacial score (nSPS) is 11.1. The first-order valence-corrected chi connectivity index (χ1v) is 5.48. The lowest BCUT2D eigenvalue weighted by Gasteiger charge is -2.05. The van der Waals surface area contributed by atoms with Gasteiger partial charge in [-0.1, -0.05) is 23.8 Å². The Morgan fingerprint density at radius 1 is 1.47 bits per heavy atom. The summed E-state index contributed by atoms with van der Waals surface area (Å²) >= 11 is 6.09. The second-order valence-electron chi connectivity index (χ2n) is 3.50. The highest BCUT2D eigenvalue weighted by molar-refractivity contribution is 6.35. The van der Waals surface area contributed by atoms with Crippen molar-refractivity contribution in [3.05, 3.63) is 41.1 Å². The summed E-state index contributed by atoms with van der Waals surface area (Å²) in [6.45, 7) is 0. The van der Waals surface area contributed by atoms with Crippen molar-refractivity contribution in [2.75, 3.05) is 0 Å². The Bertz CT molecular complexity index is 593. The van der Waals surface area contributed by atoms with Crippen molar-refractivity contribution in [1.82, 2.24) is 4.98 Å². The van der Waals surface area contributed by atoms with E-state index in [4.69, 9.17) is 11.6 Å². The molecule has 0 aliphatic heterocycles. The second kappa shape index (κ2) is 4.97. The number of phenols is 1. The lowest BCUT2D eigenvalue weighted by Crippen LogP contribution is -1.84. The molecule has 17 heavy (non-hydrogen) atoms. The first-order valence-electron chi connectivity index (χ1n) is 5.10. The molecule has 0 saturated carbocycles. The van der Waals surface area contributed by atoms with Crippen molar-refractivity contribution in [1.29, 1.82) is 0 Å². The fraction of sp³-hybridized carbons (Fsp3) is 0.0769. The van der Waals surface area contributed by atoms with Crippen LogP contribution in [0.4, 0.5) is 0 Å². The average Bonchev–Trinajstić information content (AvgIpc) is 2.36. The molecule has 3 nitrogen and oxygen atoms in total. The molecule has 0 aliphatic rings. The van der Waals surface area contributed by atoms with Gasteiger partial charge in [0.2, 0.25) is 0 Å². The molecular formula is C13H10ClNO2. The Morgan fingerprint density at radius 2 is 2.29 bits per heavy atom. The zero-order valence-electron chi connectivity index (χ0n) is 8.93. The summed E-state index contributed by atoms with van der Waals surface area (Å²) in [5, 5.41) is 11.2. The Balaban J connectivity index is 2.58. The molecule has 0 unspecified atom stereocenters. The Kier molecular flexibility index (Phi) is 3.40. The summed E-state index contributed by atoms with van der Waals surface area (Å²) in [6.07, 6.45) is 6.00. The highest BCUT2D eigenvalue weighted by Gasteiger charge is 2.08. The van der Waals surface area contributed by atoms with Crippen LogP contribution in [-0.4, -0.2) is 16.4 Å². The molecule has 1 N–H and O–H groups in total. The molecule has 0 fully saturated rings. The van der Waals surface area contributed by atoms with Crippen LogP contribution in [0, 0.1) is 0 Å². The summed E-state index contributed by atoms with van der Waals surface area (Å²) in [5.74, 6) is 0.0761. The topological polar surface area (TPSA) is 50.2 Å². The van der Waals surface area contributed by atoms with E-state index in [1.807, 2.05) is 0 Å². The van der Waals surface area contributed by atoms with Gasteiger partial charge in [0.25, 0.3) is 0 Å². The van der Waals surface area contributed by atoms with Crippen molar-refractivity contribution in [2.24, 2.45) is 0 Å². The molecule has 1 aromatic carbocycles. The Labute approximate surface area is 103 Å². The number of benzene rings is 1. The number of aromatic hydroxyl groups is 1. The van der Waals surface area contributed by atoms with Crippen LogP contribution >= 0.6 is 11.6 Å². The summed E-state index contributed by atoms with van der Waals surface area (Å²) in [4.78, 5) is 14.3. The molecule has 0 amide bonds. The number of nitrogens with zero attached hydrogens (tertiary/aromatic N) is 1. The predicted octanol–water partition coefficient (Wildman–Crippen LogP) is 3.20. The van der Waals surface area contributed by atoms with Crippen LogP contribution in [0.15, 0.2) is 30.5 Å². The van der Waals surface area contributed by atoms with E-state index in [0.29, 0.717) is 27.9 Å². The standard InChI is InChI=1S/C13H10ClNO2/c14-11-8-9(4-1-2-7-16)13(17)12-10(11)5-3-6-15-12/h1,3-8,17H,2H2. The summed E-state index contributed by atoms with van der Waals surface area (Å²) in [6, 6.07) is 5.21. The third-order valence-corrected chi connectivity index (χ3v) is 2.69. The number of allylic oxidation sites excluding steroid dienone is 1. The van der Waals surface area contributed by atoms with Crippen LogP contribution in [0.3, 0.4) is 0 Å². The van der Waals surface area contributed by atoms with Crippen LogP contribution in [0.5, 0.6) is 5.75 Å². The van der Waals surface area contributed by atoms with Gasteiger partial charge in [0.1, 0.15) is 17.6 Å². The number of halogens is 1. The smallest absolute Gasteiger partial charge is 0.149 e. The van der Waals surface area contributed by atoms with Crippen LogP contribution in [0.1, 0.15) is 12.0 Å². The van der Waals surface area contributed by atoms with Crippen LogP contribution in [0.25, 0.3) is 17.0 Å². The monoisotopic (exact) mass is 247 g/mol. The molecule has 0 bridgehead atoms. The van der Waals surface area contributed by atoms with E-state index >= 15 is 0 Å². The number of fused-ring (bicyclic) bond motifs is 1. The van der Waals surface area contributed by atoms with Gasteiger partial charge in [-0.05, 0) is 18.2 Å². The van der Waals surface area contributed by atoms with Gasteiger partial charge in [0.05, 0.1) is 5.02 Å². The molecule has 2 aromatic rings. The molecule has 0 aliphatic carbocycles. The van der Waals surface area contributed by atoms with Crippen molar-refractivity contribution in [2.45, 2.75) is 6.42 Å². The SMILES string of the molecule is O=CCC=Cc1cc(Cl)c2cccnc2c1O. The minimum absolute atomic E-state index is 0.0761. The molecule has 4 heteroatoms. The fourth-order valence-corrected chi connectivity index (χ4v) is 1.85. The van der Waals surface area contributed by atoms with Crippen LogP contribution in [-0.2, 0) is 4.79 Å². The molecule has 1 aromatic heterocycles. The van der Waals surface area contributed by atoms with Crippen molar-refractivity contribution < 1.29 is 9.90 Å². The molecular weight excluding hydrogens is 238 g/mol. The number of aldehydes is 1. The number of hydrogen-bond acceptors (Lipinski definition) is 3. The Hall–Kier alpha value is -1.87. The quantitative estimate of drug-likeness (QED) is 0.848. The fourth-order valence-electron chi connectivity index (χ4n) is 1.58. The number of phenolic OH excluding ortho intramolecular Hbond substituents is 1. The summed E-state index contributed by atoms with van der Waals surface area (Å²) in [7, 11) is 0. The van der Waals surface area contributed by atoms with Gasteiger partial charge in [-0.2, -0.15) is 0 Å². The third-order valence-electron chi connectivity index (χ3n) is 2.37. The van der Waals surface area contributed by atoms with Gasteiger partial charge in [-0.25, -0.2) is 0 Å². The van der Waals surface area contributed by atoms with E-state index in [9.17, 15) is 9.90 Å². The highest BCUT2D eigenvalue weighted by Crippen LogP contribution is 2.33. The van der Waals surface area contributed by atoms with Gasteiger partial charge >= 0.3 is 0 Å². The highest BCUT2D eigenvalue weighted by atomic mass is 35.5. The minimum Gasteiger partial charge on any atom is -0.505 e. The van der Waals surface area contributed by atoms with Crippen molar-refractivity contribution in [3.63, 3.8) is 0 Å². The average molecular weight is 248 g/mol. The van der Waals surface area contributed by atoms with Crippen molar-refractivity contribution >= 4 is 34.9 Å². The molecule has 1 heterocycles. The van der Waals surface area contributed by atoms with E-state index in [1.54, 1.807) is 36.5 Å². The van der Waals surface area contributed by atoms with Gasteiger partial charge < -0.3 is 9.90 Å². The second-order valence-corrected chi connectivity index (χ2v) is 3.91. The molecule has 0 saturated heterocycles. The summed E-state index contributed by atoms with van der Waals surface area (Å²) in [5.41, 5.74) is 1.02. The van der Waals surface area contributed by atoms with E-state index in [2.05, 4.69) is 4.98 Å². The number of rotatable bonds is 3. The van der Waals surface area contributed by atoms with Gasteiger partial charge in [-0.15, -0.1) is 0 Å². The third kappa shape index (κ3) is 2.29. The van der Waals surface area contributed by atoms with Crippen LogP contribution < -0.4 is 0 Å². The lowest BCUT2D eigenvalue weighted by atomic mass is 10.1. The zero-order valence-corrected chi connectivity index (χ0v) is 9.69. The largest absolute Gasteiger partial charge is 0.505 e. The van der Waals surface area contributed by atoms with E-state index in [0.717, 1.165) is 6.29 Å². The lowest BCUT2D eigenvalue weighted by molar-refractivity contribution is -0.107. The molecule has 0 radical (unpaired) electrons. The maximum absolute atomic E-state index is 10.2. The zero-order chi connectivity index (χ0) is 12.3. The number of aromatic nitrogens is 1. The van der Waals surface area contributed by atoms with E-state index in [-0.39, 0.29) is 5.75 Å². The maximum atomic E-state index is 10.2. The number of carbonyl (C=O) groups excluding carboxylic acids is 1. The number of hydrogen-bond donors (Lipinski definition) is 1. The Morgan fingerprint density at radius 3 is 3.06 bits per heavy atom. The minimum atomic E-state index is 0.0761. The van der Waals surface area contributed by atoms with Crippen molar-refractivity contribution in [3.8, 4) is 5.75 Å². The van der Waals surface area contributed by atoms with Crippen LogP contribution in [0.2, 0.25) is 5.02 Å². The van der Waals surface area contributed by atoms with Gasteiger partial charge in [0.15, 0.2) is 0 Å². The van der Waals surface area contributed by atoms with E-state index < -0.39 is 0 Å². The molecule has 2 rings (SSSR count). The number of carbonyl (C=O) groups is 1. The summed E-state index contributed by atoms with van der Waals surface area (Å²) < 4.78 is 0. The maximum Gasteiger partial charge on any atom is 0.149 e. The van der Waals surface area contributed by atoms with Gasteiger partial charge in [0, 0.05) is 23.6 Å². The van der Waals surface area contributed by atoms with Gasteiger partial charge in [-0.3, -0.25) is 4.98 Å². The van der Waals surface area contributed by atoms with E-state index in [1.165, 1.54) is 0 Å².